The molecule has 176 valence electrons. The normalized spacial score (nSPS) is 16.0. The maximum Gasteiger partial charge on any atom is 0.252 e. The van der Waals surface area contributed by atoms with Crippen LogP contribution in [0.3, 0.4) is 0 Å². The van der Waals surface area contributed by atoms with Crippen molar-refractivity contribution in [2.45, 2.75) is 51.9 Å². The molecule has 1 N–H and O–H groups in total. The van der Waals surface area contributed by atoms with Crippen LogP contribution in [0.25, 0.3) is 10.9 Å². The molecule has 1 aliphatic heterocycles. The summed E-state index contributed by atoms with van der Waals surface area (Å²) in [5.41, 5.74) is 3.97. The van der Waals surface area contributed by atoms with Crippen molar-refractivity contribution in [1.82, 2.24) is 30.1 Å². The monoisotopic (exact) mass is 458 g/mol. The summed E-state index contributed by atoms with van der Waals surface area (Å²) in [6.07, 6.45) is 3.14. The Balaban J connectivity index is 1.38. The summed E-state index contributed by atoms with van der Waals surface area (Å²) >= 11 is 0. The molecule has 0 bridgehead atoms. The van der Waals surface area contributed by atoms with E-state index in [1.54, 1.807) is 0 Å². The van der Waals surface area contributed by atoms with E-state index < -0.39 is 0 Å². The molecule has 0 aliphatic carbocycles. The number of tetrazole rings is 1. The van der Waals surface area contributed by atoms with Gasteiger partial charge in [-0.25, -0.2) is 4.68 Å². The van der Waals surface area contributed by atoms with Crippen LogP contribution in [0.5, 0.6) is 0 Å². The van der Waals surface area contributed by atoms with Gasteiger partial charge < -0.3 is 9.72 Å². The molecule has 8 heteroatoms. The van der Waals surface area contributed by atoms with Crippen molar-refractivity contribution >= 4 is 10.9 Å². The lowest BCUT2D eigenvalue weighted by molar-refractivity contribution is 0.0916. The van der Waals surface area contributed by atoms with Crippen molar-refractivity contribution in [3.8, 4) is 0 Å². The van der Waals surface area contributed by atoms with Crippen molar-refractivity contribution in [1.29, 1.82) is 0 Å². The number of benzene rings is 2. The molecule has 4 aromatic rings. The van der Waals surface area contributed by atoms with Gasteiger partial charge in [-0.1, -0.05) is 42.0 Å². The second-order valence-electron chi connectivity index (χ2n) is 9.07. The van der Waals surface area contributed by atoms with Gasteiger partial charge in [0.2, 0.25) is 0 Å². The Kier molecular flexibility index (Phi) is 6.78. The van der Waals surface area contributed by atoms with Crippen molar-refractivity contribution in [2.24, 2.45) is 0 Å². The number of nitrogens with zero attached hydrogens (tertiary/aromatic N) is 5. The van der Waals surface area contributed by atoms with Crippen molar-refractivity contribution in [3.05, 3.63) is 87.5 Å². The Morgan fingerprint density at radius 2 is 2.03 bits per heavy atom. The molecule has 3 heterocycles. The molecule has 0 saturated carbocycles. The van der Waals surface area contributed by atoms with Gasteiger partial charge in [-0.05, 0) is 65.8 Å². The molecule has 0 amide bonds. The number of H-pyrrole nitrogens is 1. The maximum absolute atomic E-state index is 12.9. The van der Waals surface area contributed by atoms with Gasteiger partial charge in [-0.15, -0.1) is 5.10 Å². The number of hydrogen-bond acceptors (Lipinski definition) is 6. The zero-order valence-electron chi connectivity index (χ0n) is 19.5. The zero-order chi connectivity index (χ0) is 23.3. The minimum absolute atomic E-state index is 0.0555. The third-order valence-electron chi connectivity index (χ3n) is 6.40. The molecule has 1 saturated heterocycles. The number of aromatic nitrogens is 5. The largest absolute Gasteiger partial charge is 0.376 e. The minimum atomic E-state index is -0.0555. The molecule has 34 heavy (non-hydrogen) atoms. The highest BCUT2D eigenvalue weighted by molar-refractivity contribution is 5.79. The molecule has 1 fully saturated rings. The summed E-state index contributed by atoms with van der Waals surface area (Å²) in [5, 5.41) is 13.5. The first-order valence-corrected chi connectivity index (χ1v) is 11.9. The van der Waals surface area contributed by atoms with Crippen LogP contribution in [-0.4, -0.2) is 49.3 Å². The zero-order valence-corrected chi connectivity index (χ0v) is 19.5. The van der Waals surface area contributed by atoms with Crippen molar-refractivity contribution < 1.29 is 4.74 Å². The number of nitrogens with one attached hydrogen (secondary N) is 1. The van der Waals surface area contributed by atoms with Crippen LogP contribution in [0, 0.1) is 6.92 Å². The topological polar surface area (TPSA) is 88.9 Å². The highest BCUT2D eigenvalue weighted by atomic mass is 16.5. The quantitative estimate of drug-likeness (QED) is 0.414. The van der Waals surface area contributed by atoms with E-state index in [1.807, 2.05) is 28.9 Å². The second-order valence-corrected chi connectivity index (χ2v) is 9.07. The van der Waals surface area contributed by atoms with Gasteiger partial charge in [0.1, 0.15) is 0 Å². The third-order valence-corrected chi connectivity index (χ3v) is 6.40. The Morgan fingerprint density at radius 1 is 1.15 bits per heavy atom. The van der Waals surface area contributed by atoms with Gasteiger partial charge in [0, 0.05) is 30.8 Å². The van der Waals surface area contributed by atoms with Gasteiger partial charge in [0.05, 0.1) is 19.2 Å². The lowest BCUT2D eigenvalue weighted by atomic mass is 10.1. The van der Waals surface area contributed by atoms with E-state index in [4.69, 9.17) is 4.74 Å². The van der Waals surface area contributed by atoms with Crippen LogP contribution in [0.2, 0.25) is 0 Å². The SMILES string of the molecule is Cc1ccc2[nH]c(=O)c(CN(CCc3ccccc3)Cc3nnnn3C[C@@H]3CCCO3)cc2c1. The second kappa shape index (κ2) is 10.3. The lowest BCUT2D eigenvalue weighted by Crippen LogP contribution is -2.30. The van der Waals surface area contributed by atoms with Crippen molar-refractivity contribution in [3.63, 3.8) is 0 Å². The summed E-state index contributed by atoms with van der Waals surface area (Å²) < 4.78 is 7.62. The number of ether oxygens (including phenoxy) is 1. The molecule has 2 aromatic carbocycles. The number of rotatable bonds is 9. The van der Waals surface area contributed by atoms with E-state index in [9.17, 15) is 4.79 Å². The van der Waals surface area contributed by atoms with E-state index in [1.165, 1.54) is 11.1 Å². The van der Waals surface area contributed by atoms with Gasteiger partial charge in [-0.2, -0.15) is 0 Å². The van der Waals surface area contributed by atoms with Crippen LogP contribution < -0.4 is 5.56 Å². The van der Waals surface area contributed by atoms with E-state index in [0.717, 1.165) is 54.7 Å². The summed E-state index contributed by atoms with van der Waals surface area (Å²) in [5.74, 6) is 0.789. The van der Waals surface area contributed by atoms with Crippen LogP contribution in [0.15, 0.2) is 59.4 Å². The number of aromatic amines is 1. The summed E-state index contributed by atoms with van der Waals surface area (Å²) in [6.45, 7) is 5.36. The maximum atomic E-state index is 12.9. The van der Waals surface area contributed by atoms with Gasteiger partial charge in [0.25, 0.3) is 5.56 Å². The van der Waals surface area contributed by atoms with Crippen LogP contribution in [0.1, 0.15) is 35.4 Å². The fourth-order valence-electron chi connectivity index (χ4n) is 4.54. The highest BCUT2D eigenvalue weighted by Crippen LogP contribution is 2.17. The molecular weight excluding hydrogens is 428 g/mol. The fourth-order valence-corrected chi connectivity index (χ4v) is 4.54. The molecule has 1 aliphatic rings. The van der Waals surface area contributed by atoms with Gasteiger partial charge in [0.15, 0.2) is 5.82 Å². The number of fused-ring (bicyclic) bond motifs is 1. The lowest BCUT2D eigenvalue weighted by Gasteiger charge is -2.22. The number of aryl methyl sites for hydroxylation is 1. The summed E-state index contributed by atoms with van der Waals surface area (Å²) in [6, 6.07) is 18.5. The first-order chi connectivity index (χ1) is 16.6. The highest BCUT2D eigenvalue weighted by Gasteiger charge is 2.20. The molecule has 2 aromatic heterocycles. The molecule has 5 rings (SSSR count). The molecule has 0 radical (unpaired) electrons. The van der Waals surface area contributed by atoms with E-state index >= 15 is 0 Å². The predicted molar refractivity (Wildman–Crippen MR) is 130 cm³/mol. The molecule has 8 nitrogen and oxygen atoms in total. The molecular formula is C26H30N6O2. The van der Waals surface area contributed by atoms with E-state index in [2.05, 4.69) is 62.7 Å². The first-order valence-electron chi connectivity index (χ1n) is 11.9. The third kappa shape index (κ3) is 5.40. The fraction of sp³-hybridized carbons (Fsp3) is 0.385. The molecule has 0 unspecified atom stereocenters. The average molecular weight is 459 g/mol. The predicted octanol–water partition coefficient (Wildman–Crippen LogP) is 3.25. The minimum Gasteiger partial charge on any atom is -0.376 e. The Morgan fingerprint density at radius 3 is 2.85 bits per heavy atom. The average Bonchev–Trinajstić information content (AvgIpc) is 3.51. The van der Waals surface area contributed by atoms with E-state index in [-0.39, 0.29) is 11.7 Å². The summed E-state index contributed by atoms with van der Waals surface area (Å²) in [4.78, 5) is 18.2. The van der Waals surface area contributed by atoms with Crippen LogP contribution in [0.4, 0.5) is 0 Å². The Bertz CT molecular complexity index is 1290. The van der Waals surface area contributed by atoms with E-state index in [0.29, 0.717) is 19.6 Å². The summed E-state index contributed by atoms with van der Waals surface area (Å²) in [7, 11) is 0. The van der Waals surface area contributed by atoms with Gasteiger partial charge in [-0.3, -0.25) is 9.69 Å². The Labute approximate surface area is 198 Å². The standard InChI is InChI=1S/C26H30N6O2/c1-19-9-10-24-21(14-19)15-22(26(33)27-24)16-31(12-11-20-6-3-2-4-7-20)18-25-28-29-30-32(25)17-23-8-5-13-34-23/h2-4,6-7,9-10,14-15,23H,5,8,11-13,16-18H2,1H3,(H,27,33)/t23-/m0/s1. The van der Waals surface area contributed by atoms with Crippen molar-refractivity contribution in [2.75, 3.05) is 13.2 Å². The smallest absolute Gasteiger partial charge is 0.252 e. The van der Waals surface area contributed by atoms with Gasteiger partial charge >= 0.3 is 0 Å². The van der Waals surface area contributed by atoms with Crippen LogP contribution in [-0.2, 0) is 30.8 Å². The van der Waals surface area contributed by atoms with Crippen LogP contribution >= 0.6 is 0 Å². The first kappa shape index (κ1) is 22.4. The molecule has 0 spiro atoms. The molecule has 1 atom stereocenters. The Hall–Kier alpha value is -3.36. The number of pyridine rings is 1. The number of hydrogen-bond donors (Lipinski definition) is 1.